The van der Waals surface area contributed by atoms with Crippen LogP contribution < -0.4 is 24.8 Å². The number of amides is 4. The van der Waals surface area contributed by atoms with E-state index in [4.69, 9.17) is 25.8 Å². The Morgan fingerprint density at radius 1 is 1.23 bits per heavy atom. The summed E-state index contributed by atoms with van der Waals surface area (Å²) in [4.78, 5) is 38.8. The number of hydrogen-bond donors (Lipinski definition) is 2. The van der Waals surface area contributed by atoms with Gasteiger partial charge in [0.25, 0.3) is 5.91 Å². The van der Waals surface area contributed by atoms with E-state index in [1.807, 2.05) is 0 Å². The first-order valence-electron chi connectivity index (χ1n) is 8.99. The Labute approximate surface area is 176 Å². The van der Waals surface area contributed by atoms with Crippen molar-refractivity contribution in [1.82, 2.24) is 10.2 Å². The van der Waals surface area contributed by atoms with Crippen molar-refractivity contribution in [3.63, 3.8) is 0 Å². The highest BCUT2D eigenvalue weighted by Crippen LogP contribution is 2.39. The Bertz CT molecular complexity index is 1040. The number of carbonyl (C=O) groups excluding carboxylic acids is 3. The van der Waals surface area contributed by atoms with Crippen LogP contribution in [0.1, 0.15) is 12.5 Å². The van der Waals surface area contributed by atoms with E-state index in [0.717, 1.165) is 4.90 Å². The molecule has 0 aliphatic carbocycles. The number of benzene rings is 2. The van der Waals surface area contributed by atoms with Gasteiger partial charge in [-0.2, -0.15) is 0 Å². The zero-order valence-corrected chi connectivity index (χ0v) is 16.9. The van der Waals surface area contributed by atoms with E-state index in [1.165, 1.54) is 19.2 Å². The number of halogens is 1. The maximum atomic E-state index is 13.0. The molecular weight excluding hydrogens is 414 g/mol. The summed E-state index contributed by atoms with van der Waals surface area (Å²) in [6, 6.07) is 9.14. The number of nitrogens with zero attached hydrogens (tertiary/aromatic N) is 1. The van der Waals surface area contributed by atoms with E-state index < -0.39 is 29.9 Å². The zero-order valence-electron chi connectivity index (χ0n) is 16.2. The summed E-state index contributed by atoms with van der Waals surface area (Å²) in [6.07, 6.45) is 0. The molecule has 2 aliphatic heterocycles. The molecule has 0 bridgehead atoms. The Balaban J connectivity index is 1.48. The molecule has 2 heterocycles. The lowest BCUT2D eigenvalue weighted by atomic mass is 9.92. The summed E-state index contributed by atoms with van der Waals surface area (Å²) in [5, 5.41) is 5.49. The summed E-state index contributed by atoms with van der Waals surface area (Å²) in [5.41, 5.74) is -0.431. The number of anilines is 1. The van der Waals surface area contributed by atoms with Gasteiger partial charge < -0.3 is 24.8 Å². The lowest BCUT2D eigenvalue weighted by molar-refractivity contribution is -0.133. The predicted molar refractivity (Wildman–Crippen MR) is 107 cm³/mol. The van der Waals surface area contributed by atoms with Gasteiger partial charge in [-0.3, -0.25) is 14.5 Å². The maximum absolute atomic E-state index is 13.0. The molecule has 10 heteroatoms. The summed E-state index contributed by atoms with van der Waals surface area (Å²) >= 11 is 6.16. The second-order valence-electron chi connectivity index (χ2n) is 6.91. The van der Waals surface area contributed by atoms with Crippen molar-refractivity contribution in [3.8, 4) is 17.2 Å². The third kappa shape index (κ3) is 3.37. The summed E-state index contributed by atoms with van der Waals surface area (Å²) in [7, 11) is 1.53. The van der Waals surface area contributed by atoms with Crippen LogP contribution in [-0.4, -0.2) is 43.2 Å². The number of imide groups is 1. The number of carbonyl (C=O) groups is 3. The first-order valence-corrected chi connectivity index (χ1v) is 9.37. The van der Waals surface area contributed by atoms with Gasteiger partial charge in [-0.05, 0) is 24.6 Å². The van der Waals surface area contributed by atoms with Gasteiger partial charge in [0.05, 0.1) is 17.8 Å². The zero-order chi connectivity index (χ0) is 21.5. The van der Waals surface area contributed by atoms with E-state index in [0.29, 0.717) is 22.8 Å². The monoisotopic (exact) mass is 431 g/mol. The van der Waals surface area contributed by atoms with Crippen LogP contribution in [0, 0.1) is 0 Å². The molecule has 1 unspecified atom stereocenters. The van der Waals surface area contributed by atoms with E-state index >= 15 is 0 Å². The van der Waals surface area contributed by atoms with Crippen molar-refractivity contribution in [2.45, 2.75) is 12.5 Å². The molecule has 0 spiro atoms. The average molecular weight is 432 g/mol. The highest BCUT2D eigenvalue weighted by atomic mass is 35.5. The lowest BCUT2D eigenvalue weighted by Crippen LogP contribution is -2.42. The van der Waals surface area contributed by atoms with Gasteiger partial charge in [-0.1, -0.05) is 23.7 Å². The third-order valence-corrected chi connectivity index (χ3v) is 5.29. The van der Waals surface area contributed by atoms with Crippen LogP contribution in [0.15, 0.2) is 36.4 Å². The van der Waals surface area contributed by atoms with E-state index in [9.17, 15) is 14.4 Å². The van der Waals surface area contributed by atoms with Crippen LogP contribution in [-0.2, 0) is 15.1 Å². The molecule has 2 aromatic rings. The molecule has 2 aliphatic rings. The van der Waals surface area contributed by atoms with Crippen molar-refractivity contribution in [1.29, 1.82) is 0 Å². The first kappa shape index (κ1) is 19.8. The smallest absolute Gasteiger partial charge is 0.325 e. The van der Waals surface area contributed by atoms with E-state index in [2.05, 4.69) is 10.6 Å². The Morgan fingerprint density at radius 3 is 2.57 bits per heavy atom. The Kier molecular flexibility index (Phi) is 4.90. The predicted octanol–water partition coefficient (Wildman–Crippen LogP) is 2.48. The largest absolute Gasteiger partial charge is 0.497 e. The molecule has 0 saturated carbocycles. The van der Waals surface area contributed by atoms with Crippen LogP contribution in [0.3, 0.4) is 0 Å². The standard InChI is InChI=1S/C20H18ClN3O6/c1-20(11-3-5-12(28-2)6-4-11)18(26)24(19(27)23-20)9-17(25)22-14-8-16-15(7-13(14)21)29-10-30-16/h3-8H,9-10H2,1-2H3,(H,22,25)(H,23,27). The summed E-state index contributed by atoms with van der Waals surface area (Å²) in [6.45, 7) is 1.18. The van der Waals surface area contributed by atoms with Gasteiger partial charge in [0.1, 0.15) is 17.8 Å². The fraction of sp³-hybridized carbons (Fsp3) is 0.250. The lowest BCUT2D eigenvalue weighted by Gasteiger charge is -2.22. The van der Waals surface area contributed by atoms with Crippen LogP contribution in [0.2, 0.25) is 5.02 Å². The average Bonchev–Trinajstić information content (AvgIpc) is 3.26. The van der Waals surface area contributed by atoms with Crippen molar-refractivity contribution in [2.75, 3.05) is 25.8 Å². The SMILES string of the molecule is COc1ccc(C2(C)NC(=O)N(CC(=O)Nc3cc4c(cc3Cl)OCO4)C2=O)cc1. The van der Waals surface area contributed by atoms with E-state index in [1.54, 1.807) is 31.2 Å². The van der Waals surface area contributed by atoms with E-state index in [-0.39, 0.29) is 17.5 Å². The number of ether oxygens (including phenoxy) is 3. The molecule has 0 aromatic heterocycles. The molecule has 9 nitrogen and oxygen atoms in total. The normalized spacial score (nSPS) is 19.6. The van der Waals surface area contributed by atoms with Crippen LogP contribution in [0.5, 0.6) is 17.2 Å². The van der Waals surface area contributed by atoms with Crippen molar-refractivity contribution < 1.29 is 28.6 Å². The van der Waals surface area contributed by atoms with Crippen LogP contribution >= 0.6 is 11.6 Å². The van der Waals surface area contributed by atoms with Crippen molar-refractivity contribution >= 4 is 35.1 Å². The Hall–Kier alpha value is -3.46. The molecule has 30 heavy (non-hydrogen) atoms. The minimum atomic E-state index is -1.29. The minimum absolute atomic E-state index is 0.0649. The first-order chi connectivity index (χ1) is 14.3. The molecule has 1 atom stereocenters. The number of urea groups is 1. The van der Waals surface area contributed by atoms with Gasteiger partial charge in [0, 0.05) is 12.1 Å². The Morgan fingerprint density at radius 2 is 1.90 bits per heavy atom. The molecule has 4 amide bonds. The maximum Gasteiger partial charge on any atom is 0.325 e. The fourth-order valence-corrected chi connectivity index (χ4v) is 3.51. The number of fused-ring (bicyclic) bond motifs is 1. The molecule has 1 saturated heterocycles. The molecule has 2 N–H and O–H groups in total. The highest BCUT2D eigenvalue weighted by molar-refractivity contribution is 6.34. The second kappa shape index (κ2) is 7.42. The number of nitrogens with one attached hydrogen (secondary N) is 2. The van der Waals surface area contributed by atoms with Crippen molar-refractivity contribution in [3.05, 3.63) is 47.0 Å². The number of rotatable bonds is 5. The second-order valence-corrected chi connectivity index (χ2v) is 7.32. The summed E-state index contributed by atoms with van der Waals surface area (Å²) < 4.78 is 15.6. The molecule has 156 valence electrons. The van der Waals surface area contributed by atoms with Gasteiger partial charge in [-0.25, -0.2) is 4.79 Å². The van der Waals surface area contributed by atoms with Crippen molar-refractivity contribution in [2.24, 2.45) is 0 Å². The molecule has 1 fully saturated rings. The number of methoxy groups -OCH3 is 1. The summed E-state index contributed by atoms with van der Waals surface area (Å²) in [5.74, 6) is 0.415. The van der Waals surface area contributed by atoms with Crippen LogP contribution in [0.4, 0.5) is 10.5 Å². The van der Waals surface area contributed by atoms with Crippen LogP contribution in [0.25, 0.3) is 0 Å². The molecular formula is C20H18ClN3O6. The number of hydrogen-bond acceptors (Lipinski definition) is 6. The molecule has 4 rings (SSSR count). The quantitative estimate of drug-likeness (QED) is 0.704. The van der Waals surface area contributed by atoms with Gasteiger partial charge in [0.15, 0.2) is 11.5 Å². The molecule has 0 radical (unpaired) electrons. The third-order valence-electron chi connectivity index (χ3n) is 4.98. The topological polar surface area (TPSA) is 106 Å². The molecule has 2 aromatic carbocycles. The van der Waals surface area contributed by atoms with Gasteiger partial charge >= 0.3 is 6.03 Å². The fourth-order valence-electron chi connectivity index (χ4n) is 3.31. The van der Waals surface area contributed by atoms with Gasteiger partial charge in [0.2, 0.25) is 12.7 Å². The van der Waals surface area contributed by atoms with Gasteiger partial charge in [-0.15, -0.1) is 0 Å². The minimum Gasteiger partial charge on any atom is -0.497 e. The highest BCUT2D eigenvalue weighted by Gasteiger charge is 2.49.